The van der Waals surface area contributed by atoms with Gasteiger partial charge in [-0.05, 0) is 38.8 Å². The number of esters is 1. The van der Waals surface area contributed by atoms with E-state index in [0.29, 0.717) is 19.2 Å². The summed E-state index contributed by atoms with van der Waals surface area (Å²) in [6.45, 7) is 10.6. The van der Waals surface area contributed by atoms with Gasteiger partial charge in [0.25, 0.3) is 0 Å². The van der Waals surface area contributed by atoms with Gasteiger partial charge in [-0.25, -0.2) is 0 Å². The van der Waals surface area contributed by atoms with Gasteiger partial charge < -0.3 is 15.0 Å². The number of hydrogen-bond acceptors (Lipinski definition) is 4. The van der Waals surface area contributed by atoms with E-state index < -0.39 is 0 Å². The number of likely N-dealkylation sites (tertiary alicyclic amines) is 1. The van der Waals surface area contributed by atoms with Crippen LogP contribution in [-0.4, -0.2) is 49.7 Å². The molecule has 0 unspecified atom stereocenters. The lowest BCUT2D eigenvalue weighted by Crippen LogP contribution is -2.45. The molecule has 1 rings (SSSR count). The van der Waals surface area contributed by atoms with Crippen LogP contribution in [0.4, 0.5) is 0 Å². The highest BCUT2D eigenvalue weighted by Crippen LogP contribution is 2.11. The Morgan fingerprint density at radius 1 is 1.41 bits per heavy atom. The molecular formula is C13H26N2O2. The lowest BCUT2D eigenvalue weighted by molar-refractivity contribution is -0.142. The second kappa shape index (κ2) is 7.67. The first-order valence-corrected chi connectivity index (χ1v) is 6.73. The van der Waals surface area contributed by atoms with E-state index in [1.54, 1.807) is 0 Å². The van der Waals surface area contributed by atoms with Crippen LogP contribution in [0.2, 0.25) is 0 Å². The molecule has 4 nitrogen and oxygen atoms in total. The number of ether oxygens (including phenoxy) is 1. The number of nitrogens with one attached hydrogen (secondary N) is 1. The molecule has 1 heterocycles. The summed E-state index contributed by atoms with van der Waals surface area (Å²) < 4.78 is 4.89. The average molecular weight is 242 g/mol. The Morgan fingerprint density at radius 3 is 2.59 bits per heavy atom. The lowest BCUT2D eigenvalue weighted by atomic mass is 10.0. The van der Waals surface area contributed by atoms with E-state index in [1.807, 2.05) is 6.92 Å². The van der Waals surface area contributed by atoms with E-state index >= 15 is 0 Å². The summed E-state index contributed by atoms with van der Waals surface area (Å²) in [5, 5.41) is 3.28. The van der Waals surface area contributed by atoms with Gasteiger partial charge in [-0.3, -0.25) is 4.79 Å². The molecule has 0 spiro atoms. The van der Waals surface area contributed by atoms with Crippen molar-refractivity contribution in [2.24, 2.45) is 5.92 Å². The zero-order chi connectivity index (χ0) is 12.7. The lowest BCUT2D eigenvalue weighted by Gasteiger charge is -2.33. The number of piperidine rings is 1. The average Bonchev–Trinajstić information content (AvgIpc) is 2.28. The van der Waals surface area contributed by atoms with Gasteiger partial charge in [0.05, 0.1) is 13.2 Å². The Hall–Kier alpha value is -0.610. The number of nitrogens with zero attached hydrogens (tertiary/aromatic N) is 1. The third-order valence-electron chi connectivity index (χ3n) is 3.05. The van der Waals surface area contributed by atoms with Crippen LogP contribution in [0.1, 0.15) is 33.6 Å². The summed E-state index contributed by atoms with van der Waals surface area (Å²) in [5.74, 6) is 0.594. The molecule has 0 aromatic carbocycles. The number of hydrogen-bond donors (Lipinski definition) is 1. The van der Waals surface area contributed by atoms with Gasteiger partial charge in [0.1, 0.15) is 0 Å². The summed E-state index contributed by atoms with van der Waals surface area (Å²) in [4.78, 5) is 13.7. The molecule has 1 N–H and O–H groups in total. The molecule has 0 saturated carbocycles. The van der Waals surface area contributed by atoms with Crippen molar-refractivity contribution in [1.29, 1.82) is 0 Å². The van der Waals surface area contributed by atoms with Crippen LogP contribution >= 0.6 is 0 Å². The first-order valence-electron chi connectivity index (χ1n) is 6.73. The summed E-state index contributed by atoms with van der Waals surface area (Å²) in [6.07, 6.45) is 2.26. The SMILES string of the molecule is CCOC(=O)CNC1CCN(CC(C)C)CC1. The van der Waals surface area contributed by atoms with E-state index in [-0.39, 0.29) is 5.97 Å². The van der Waals surface area contributed by atoms with E-state index in [1.165, 1.54) is 6.54 Å². The fourth-order valence-corrected chi connectivity index (χ4v) is 2.28. The molecule has 0 atom stereocenters. The van der Waals surface area contributed by atoms with Crippen LogP contribution in [0.25, 0.3) is 0 Å². The van der Waals surface area contributed by atoms with Crippen LogP contribution in [0.3, 0.4) is 0 Å². The molecule has 1 saturated heterocycles. The Kier molecular flexibility index (Phi) is 6.52. The minimum absolute atomic E-state index is 0.142. The van der Waals surface area contributed by atoms with Gasteiger partial charge >= 0.3 is 5.97 Å². The molecule has 4 heteroatoms. The van der Waals surface area contributed by atoms with Crippen molar-refractivity contribution in [3.63, 3.8) is 0 Å². The molecule has 1 aliphatic rings. The number of carbonyl (C=O) groups is 1. The van der Waals surface area contributed by atoms with E-state index in [9.17, 15) is 4.79 Å². The van der Waals surface area contributed by atoms with E-state index in [0.717, 1.165) is 31.8 Å². The smallest absolute Gasteiger partial charge is 0.319 e. The zero-order valence-electron chi connectivity index (χ0n) is 11.4. The van der Waals surface area contributed by atoms with Crippen LogP contribution in [0.15, 0.2) is 0 Å². The van der Waals surface area contributed by atoms with Gasteiger partial charge in [-0.1, -0.05) is 13.8 Å². The van der Waals surface area contributed by atoms with Crippen LogP contribution in [-0.2, 0) is 9.53 Å². The predicted octanol–water partition coefficient (Wildman–Crippen LogP) is 1.26. The molecule has 0 aromatic heterocycles. The topological polar surface area (TPSA) is 41.6 Å². The normalized spacial score (nSPS) is 18.6. The minimum Gasteiger partial charge on any atom is -0.465 e. The fraction of sp³-hybridized carbons (Fsp3) is 0.923. The quantitative estimate of drug-likeness (QED) is 0.712. The molecular weight excluding hydrogens is 216 g/mol. The Bertz CT molecular complexity index is 223. The highest BCUT2D eigenvalue weighted by molar-refractivity contribution is 5.71. The molecule has 0 radical (unpaired) electrons. The third kappa shape index (κ3) is 6.03. The zero-order valence-corrected chi connectivity index (χ0v) is 11.4. The largest absolute Gasteiger partial charge is 0.465 e. The Balaban J connectivity index is 2.12. The van der Waals surface area contributed by atoms with Crippen LogP contribution in [0, 0.1) is 5.92 Å². The summed E-state index contributed by atoms with van der Waals surface area (Å²) in [7, 11) is 0. The summed E-state index contributed by atoms with van der Waals surface area (Å²) in [6, 6.07) is 0.475. The molecule has 0 aromatic rings. The molecule has 17 heavy (non-hydrogen) atoms. The maximum Gasteiger partial charge on any atom is 0.319 e. The Morgan fingerprint density at radius 2 is 2.06 bits per heavy atom. The highest BCUT2D eigenvalue weighted by atomic mass is 16.5. The van der Waals surface area contributed by atoms with Crippen molar-refractivity contribution >= 4 is 5.97 Å². The summed E-state index contributed by atoms with van der Waals surface area (Å²) >= 11 is 0. The van der Waals surface area contributed by atoms with Crippen LogP contribution < -0.4 is 5.32 Å². The van der Waals surface area contributed by atoms with E-state index in [2.05, 4.69) is 24.1 Å². The van der Waals surface area contributed by atoms with Crippen molar-refractivity contribution in [2.75, 3.05) is 32.8 Å². The van der Waals surface area contributed by atoms with Gasteiger partial charge in [-0.15, -0.1) is 0 Å². The summed E-state index contributed by atoms with van der Waals surface area (Å²) in [5.41, 5.74) is 0. The minimum atomic E-state index is -0.142. The molecule has 0 bridgehead atoms. The highest BCUT2D eigenvalue weighted by Gasteiger charge is 2.19. The van der Waals surface area contributed by atoms with Crippen molar-refractivity contribution < 1.29 is 9.53 Å². The van der Waals surface area contributed by atoms with Gasteiger partial charge in [0, 0.05) is 12.6 Å². The molecule has 100 valence electrons. The molecule has 1 aliphatic heterocycles. The second-order valence-corrected chi connectivity index (χ2v) is 5.15. The van der Waals surface area contributed by atoms with Gasteiger partial charge in [0.15, 0.2) is 0 Å². The fourth-order valence-electron chi connectivity index (χ4n) is 2.28. The third-order valence-corrected chi connectivity index (χ3v) is 3.05. The van der Waals surface area contributed by atoms with Crippen molar-refractivity contribution in [3.8, 4) is 0 Å². The number of carbonyl (C=O) groups excluding carboxylic acids is 1. The van der Waals surface area contributed by atoms with Crippen LogP contribution in [0.5, 0.6) is 0 Å². The standard InChI is InChI=1S/C13H26N2O2/c1-4-17-13(16)9-14-12-5-7-15(8-6-12)10-11(2)3/h11-12,14H,4-10H2,1-3H3. The maximum atomic E-state index is 11.2. The second-order valence-electron chi connectivity index (χ2n) is 5.15. The van der Waals surface area contributed by atoms with Gasteiger partial charge in [-0.2, -0.15) is 0 Å². The molecule has 0 aliphatic carbocycles. The molecule has 0 amide bonds. The van der Waals surface area contributed by atoms with Crippen molar-refractivity contribution in [3.05, 3.63) is 0 Å². The first-order chi connectivity index (χ1) is 8.11. The van der Waals surface area contributed by atoms with Crippen molar-refractivity contribution in [1.82, 2.24) is 10.2 Å². The maximum absolute atomic E-state index is 11.2. The van der Waals surface area contributed by atoms with Crippen molar-refractivity contribution in [2.45, 2.75) is 39.7 Å². The monoisotopic (exact) mass is 242 g/mol. The number of rotatable bonds is 6. The first kappa shape index (κ1) is 14.5. The van der Waals surface area contributed by atoms with Gasteiger partial charge in [0.2, 0.25) is 0 Å². The van der Waals surface area contributed by atoms with E-state index in [4.69, 9.17) is 4.74 Å². The Labute approximate surface area is 105 Å². The predicted molar refractivity (Wildman–Crippen MR) is 68.9 cm³/mol. The molecule has 1 fully saturated rings.